The van der Waals surface area contributed by atoms with Gasteiger partial charge in [-0.3, -0.25) is 14.2 Å². The maximum atomic E-state index is 13.4. The third-order valence-electron chi connectivity index (χ3n) is 5.77. The van der Waals surface area contributed by atoms with E-state index in [1.807, 2.05) is 60.7 Å². The minimum atomic E-state index is -0.546. The number of benzene rings is 2. The topological polar surface area (TPSA) is 90.9 Å². The Labute approximate surface area is 197 Å². The number of nitrogens with zero attached hydrogens (tertiary/aromatic N) is 4. The van der Waals surface area contributed by atoms with Crippen LogP contribution in [0, 0.1) is 0 Å². The first kappa shape index (κ1) is 23.2. The molecule has 0 saturated heterocycles. The maximum absolute atomic E-state index is 13.4. The minimum absolute atomic E-state index is 0.247. The van der Waals surface area contributed by atoms with E-state index in [2.05, 4.69) is 17.2 Å². The number of rotatable bonds is 10. The quantitative estimate of drug-likeness (QED) is 0.369. The number of carbonyl (C=O) groups excluding carboxylic acids is 1. The molecule has 1 N–H and O–H groups in total. The van der Waals surface area contributed by atoms with Crippen molar-refractivity contribution >= 4 is 17.1 Å². The summed E-state index contributed by atoms with van der Waals surface area (Å²) in [7, 11) is 0. The Hall–Kier alpha value is -3.94. The molecule has 8 heteroatoms. The van der Waals surface area contributed by atoms with Gasteiger partial charge in [0.2, 0.25) is 5.91 Å². The molecule has 8 nitrogen and oxygen atoms in total. The number of unbranched alkanes of at least 4 members (excludes halogenated alkanes) is 2. The predicted molar refractivity (Wildman–Crippen MR) is 132 cm³/mol. The highest BCUT2D eigenvalue weighted by atomic mass is 16.2. The van der Waals surface area contributed by atoms with Gasteiger partial charge in [-0.1, -0.05) is 80.4 Å². The number of carbonyl (C=O) groups is 1. The van der Waals surface area contributed by atoms with E-state index in [0.717, 1.165) is 35.0 Å². The fourth-order valence-corrected chi connectivity index (χ4v) is 3.99. The summed E-state index contributed by atoms with van der Waals surface area (Å²) >= 11 is 0. The molecule has 2 heterocycles. The molecule has 2 aromatic carbocycles. The summed E-state index contributed by atoms with van der Waals surface area (Å²) in [6.45, 7) is 2.96. The summed E-state index contributed by atoms with van der Waals surface area (Å²) in [5, 5.41) is 2.82. The molecule has 34 heavy (non-hydrogen) atoms. The van der Waals surface area contributed by atoms with Crippen LogP contribution >= 0.6 is 0 Å². The van der Waals surface area contributed by atoms with Gasteiger partial charge in [0, 0.05) is 13.1 Å². The predicted octanol–water partition coefficient (Wildman–Crippen LogP) is 2.76. The van der Waals surface area contributed by atoms with Gasteiger partial charge in [-0.05, 0) is 17.5 Å². The van der Waals surface area contributed by atoms with Crippen LogP contribution in [0.1, 0.15) is 37.3 Å². The second kappa shape index (κ2) is 10.8. The monoisotopic (exact) mass is 459 g/mol. The van der Waals surface area contributed by atoms with Crippen molar-refractivity contribution in [3.63, 3.8) is 0 Å². The molecule has 0 bridgehead atoms. The highest BCUT2D eigenvalue weighted by Gasteiger charge is 2.20. The van der Waals surface area contributed by atoms with Gasteiger partial charge < -0.3 is 9.88 Å². The second-order valence-electron chi connectivity index (χ2n) is 8.33. The summed E-state index contributed by atoms with van der Waals surface area (Å²) in [6, 6.07) is 19.2. The van der Waals surface area contributed by atoms with E-state index in [1.54, 1.807) is 10.9 Å². The van der Waals surface area contributed by atoms with Crippen molar-refractivity contribution in [1.29, 1.82) is 0 Å². The van der Waals surface area contributed by atoms with E-state index in [9.17, 15) is 14.4 Å². The van der Waals surface area contributed by atoms with E-state index >= 15 is 0 Å². The van der Waals surface area contributed by atoms with E-state index in [1.165, 1.54) is 4.57 Å². The van der Waals surface area contributed by atoms with Gasteiger partial charge in [-0.25, -0.2) is 14.3 Å². The summed E-state index contributed by atoms with van der Waals surface area (Å²) in [6.07, 6.45) is 4.49. The van der Waals surface area contributed by atoms with Crippen LogP contribution in [0.5, 0.6) is 0 Å². The molecule has 0 atom stereocenters. The molecule has 0 aliphatic carbocycles. The average Bonchev–Trinajstić information content (AvgIpc) is 3.27. The number of fused-ring (bicyclic) bond motifs is 1. The first-order valence-corrected chi connectivity index (χ1v) is 11.6. The summed E-state index contributed by atoms with van der Waals surface area (Å²) < 4.78 is 4.23. The van der Waals surface area contributed by atoms with E-state index < -0.39 is 11.2 Å². The molecule has 2 aromatic heterocycles. The van der Waals surface area contributed by atoms with Crippen LogP contribution in [0.2, 0.25) is 0 Å². The minimum Gasteiger partial charge on any atom is -0.355 e. The zero-order valence-electron chi connectivity index (χ0n) is 19.3. The van der Waals surface area contributed by atoms with Crippen molar-refractivity contribution in [3.05, 3.63) is 99.0 Å². The molecule has 1 amide bonds. The first-order valence-electron chi connectivity index (χ1n) is 11.6. The Morgan fingerprint density at radius 2 is 1.53 bits per heavy atom. The Bertz CT molecular complexity index is 1370. The van der Waals surface area contributed by atoms with E-state index in [-0.39, 0.29) is 19.0 Å². The molecule has 0 radical (unpaired) electrons. The maximum Gasteiger partial charge on any atom is 0.333 e. The van der Waals surface area contributed by atoms with Crippen LogP contribution in [-0.2, 0) is 24.4 Å². The molecule has 0 aliphatic heterocycles. The molecule has 4 rings (SSSR count). The summed E-state index contributed by atoms with van der Waals surface area (Å²) in [4.78, 5) is 43.8. The van der Waals surface area contributed by atoms with Crippen LogP contribution in [-0.4, -0.2) is 31.1 Å². The molecular weight excluding hydrogens is 430 g/mol. The van der Waals surface area contributed by atoms with Crippen molar-refractivity contribution in [2.75, 3.05) is 6.54 Å². The standard InChI is InChI=1S/C26H29N5O3/c1-2-3-10-15-27-22(32)18-31-25(33)23-24(28-19-29(23)16-20-11-6-4-7-12-20)30(26(31)34)17-21-13-8-5-9-14-21/h4-9,11-14,19H,2-3,10,15-18H2,1H3,(H,27,32). The lowest BCUT2D eigenvalue weighted by Gasteiger charge is -2.13. The van der Waals surface area contributed by atoms with Gasteiger partial charge in [0.25, 0.3) is 5.56 Å². The highest BCUT2D eigenvalue weighted by molar-refractivity contribution is 5.76. The van der Waals surface area contributed by atoms with Gasteiger partial charge in [-0.2, -0.15) is 0 Å². The van der Waals surface area contributed by atoms with Gasteiger partial charge in [0.15, 0.2) is 11.2 Å². The van der Waals surface area contributed by atoms with Gasteiger partial charge >= 0.3 is 5.69 Å². The number of hydrogen-bond donors (Lipinski definition) is 1. The number of hydrogen-bond acceptors (Lipinski definition) is 4. The lowest BCUT2D eigenvalue weighted by atomic mass is 10.2. The van der Waals surface area contributed by atoms with Crippen molar-refractivity contribution in [2.45, 2.75) is 45.8 Å². The molecule has 0 unspecified atom stereocenters. The van der Waals surface area contributed by atoms with Crippen LogP contribution in [0.3, 0.4) is 0 Å². The number of nitrogens with one attached hydrogen (secondary N) is 1. The smallest absolute Gasteiger partial charge is 0.333 e. The fraction of sp³-hybridized carbons (Fsp3) is 0.308. The SMILES string of the molecule is CCCCCNC(=O)Cn1c(=O)c2c(ncn2Cc2ccccc2)n(Cc2ccccc2)c1=O. The average molecular weight is 460 g/mol. The van der Waals surface area contributed by atoms with E-state index in [4.69, 9.17) is 0 Å². The van der Waals surface area contributed by atoms with Gasteiger partial charge in [0.05, 0.1) is 12.9 Å². The van der Waals surface area contributed by atoms with Crippen LogP contribution in [0.4, 0.5) is 0 Å². The first-order chi connectivity index (χ1) is 16.6. The van der Waals surface area contributed by atoms with Gasteiger partial charge in [-0.15, -0.1) is 0 Å². The van der Waals surface area contributed by atoms with Crippen molar-refractivity contribution in [1.82, 2.24) is 24.0 Å². The molecule has 0 spiro atoms. The van der Waals surface area contributed by atoms with Crippen LogP contribution < -0.4 is 16.6 Å². The third-order valence-corrected chi connectivity index (χ3v) is 5.77. The lowest BCUT2D eigenvalue weighted by molar-refractivity contribution is -0.121. The van der Waals surface area contributed by atoms with E-state index in [0.29, 0.717) is 24.3 Å². The van der Waals surface area contributed by atoms with Crippen molar-refractivity contribution < 1.29 is 4.79 Å². The molecular formula is C26H29N5O3. The van der Waals surface area contributed by atoms with Crippen LogP contribution in [0.25, 0.3) is 11.2 Å². The molecule has 4 aromatic rings. The number of amides is 1. The Balaban J connectivity index is 1.76. The lowest BCUT2D eigenvalue weighted by Crippen LogP contribution is -2.44. The Morgan fingerprint density at radius 1 is 0.882 bits per heavy atom. The molecule has 176 valence electrons. The zero-order chi connectivity index (χ0) is 23.9. The number of aromatic nitrogens is 4. The molecule has 0 fully saturated rings. The summed E-state index contributed by atoms with van der Waals surface area (Å²) in [5.41, 5.74) is 1.46. The normalized spacial score (nSPS) is 11.1. The van der Waals surface area contributed by atoms with Gasteiger partial charge in [0.1, 0.15) is 6.54 Å². The van der Waals surface area contributed by atoms with Crippen molar-refractivity contribution in [2.24, 2.45) is 0 Å². The van der Waals surface area contributed by atoms with Crippen molar-refractivity contribution in [3.8, 4) is 0 Å². The highest BCUT2D eigenvalue weighted by Crippen LogP contribution is 2.12. The zero-order valence-corrected chi connectivity index (χ0v) is 19.3. The number of imidazole rings is 1. The Morgan fingerprint density at radius 3 is 2.18 bits per heavy atom. The fourth-order valence-electron chi connectivity index (χ4n) is 3.99. The summed E-state index contributed by atoms with van der Waals surface area (Å²) in [5.74, 6) is -0.352. The molecule has 0 aliphatic rings. The third kappa shape index (κ3) is 5.17. The van der Waals surface area contributed by atoms with Crippen LogP contribution in [0.15, 0.2) is 76.6 Å². The second-order valence-corrected chi connectivity index (χ2v) is 8.33. The largest absolute Gasteiger partial charge is 0.355 e. The Kier molecular flexibility index (Phi) is 7.37. The molecule has 0 saturated carbocycles.